The second kappa shape index (κ2) is 4.62. The summed E-state index contributed by atoms with van der Waals surface area (Å²) in [4.78, 5) is 4.05. The van der Waals surface area contributed by atoms with E-state index in [9.17, 15) is 8.78 Å². The first-order valence-corrected chi connectivity index (χ1v) is 5.50. The summed E-state index contributed by atoms with van der Waals surface area (Å²) < 4.78 is 27.2. The van der Waals surface area contributed by atoms with Crippen LogP contribution < -0.4 is 0 Å². The molecule has 0 saturated heterocycles. The van der Waals surface area contributed by atoms with Gasteiger partial charge in [0.2, 0.25) is 0 Å². The van der Waals surface area contributed by atoms with Crippen molar-refractivity contribution in [1.82, 2.24) is 4.98 Å². The molecule has 0 unspecified atom stereocenters. The maximum atomic E-state index is 13.7. The molecule has 0 bridgehead atoms. The summed E-state index contributed by atoms with van der Waals surface area (Å²) in [5.41, 5.74) is 1.24. The molecule has 1 aromatic carbocycles. The predicted molar refractivity (Wildman–Crippen MR) is 63.7 cm³/mol. The molecule has 0 radical (unpaired) electrons. The number of hydrogen-bond donors (Lipinski definition) is 0. The van der Waals surface area contributed by atoms with Gasteiger partial charge in [-0.2, -0.15) is 0 Å². The van der Waals surface area contributed by atoms with Gasteiger partial charge in [-0.1, -0.05) is 32.0 Å². The van der Waals surface area contributed by atoms with Crippen LogP contribution in [0.15, 0.2) is 36.5 Å². The van der Waals surface area contributed by atoms with E-state index in [1.54, 1.807) is 18.2 Å². The van der Waals surface area contributed by atoms with Gasteiger partial charge in [-0.05, 0) is 18.1 Å². The highest BCUT2D eigenvalue weighted by Crippen LogP contribution is 2.25. The molecule has 0 fully saturated rings. The lowest BCUT2D eigenvalue weighted by atomic mass is 10.0. The van der Waals surface area contributed by atoms with Crippen LogP contribution in [0.4, 0.5) is 8.78 Å². The topological polar surface area (TPSA) is 12.9 Å². The molecule has 3 heteroatoms. The van der Waals surface area contributed by atoms with Crippen LogP contribution in [0.25, 0.3) is 11.1 Å². The van der Waals surface area contributed by atoms with E-state index in [0.717, 1.165) is 0 Å². The zero-order valence-electron chi connectivity index (χ0n) is 9.74. The Labute approximate surface area is 99.1 Å². The van der Waals surface area contributed by atoms with Gasteiger partial charge >= 0.3 is 0 Å². The van der Waals surface area contributed by atoms with E-state index in [0.29, 0.717) is 16.8 Å². The Morgan fingerprint density at radius 1 is 1.06 bits per heavy atom. The minimum Gasteiger partial charge on any atom is -0.257 e. The van der Waals surface area contributed by atoms with Crippen LogP contribution >= 0.6 is 0 Å². The number of pyridine rings is 1. The summed E-state index contributed by atoms with van der Waals surface area (Å²) in [5.74, 6) is -0.739. The van der Waals surface area contributed by atoms with Gasteiger partial charge in [0.25, 0.3) is 0 Å². The fraction of sp³-hybridized carbons (Fsp3) is 0.214. The summed E-state index contributed by atoms with van der Waals surface area (Å²) in [6, 6.07) is 7.61. The highest BCUT2D eigenvalue weighted by atomic mass is 19.1. The molecule has 0 atom stereocenters. The maximum Gasteiger partial charge on any atom is 0.145 e. The van der Waals surface area contributed by atoms with Crippen molar-refractivity contribution in [1.29, 1.82) is 0 Å². The summed E-state index contributed by atoms with van der Waals surface area (Å²) in [6.07, 6.45) is 1.51. The van der Waals surface area contributed by atoms with Crippen LogP contribution in [-0.4, -0.2) is 4.98 Å². The van der Waals surface area contributed by atoms with Crippen molar-refractivity contribution in [2.45, 2.75) is 19.8 Å². The third-order valence-electron chi connectivity index (χ3n) is 2.60. The predicted octanol–water partition coefficient (Wildman–Crippen LogP) is 4.15. The Bertz CT molecular complexity index is 535. The standard InChI is InChI=1S/C14H13F2N/c1-9(2)14-13(16)7-10(8-17-14)11-5-3-4-6-12(11)15/h3-9H,1-2H3. The first-order chi connectivity index (χ1) is 8.09. The number of rotatable bonds is 2. The third kappa shape index (κ3) is 2.33. The molecule has 0 aliphatic heterocycles. The molecule has 0 N–H and O–H groups in total. The second-order valence-corrected chi connectivity index (χ2v) is 4.23. The Hall–Kier alpha value is -1.77. The molecule has 0 aliphatic carbocycles. The Morgan fingerprint density at radius 3 is 2.35 bits per heavy atom. The van der Waals surface area contributed by atoms with Crippen LogP contribution in [0.1, 0.15) is 25.5 Å². The lowest BCUT2D eigenvalue weighted by Gasteiger charge is -2.08. The quantitative estimate of drug-likeness (QED) is 0.759. The molecular weight excluding hydrogens is 220 g/mol. The molecule has 1 heterocycles. The van der Waals surface area contributed by atoms with E-state index in [1.807, 2.05) is 13.8 Å². The van der Waals surface area contributed by atoms with Crippen molar-refractivity contribution in [3.63, 3.8) is 0 Å². The summed E-state index contributed by atoms with van der Waals surface area (Å²) in [6.45, 7) is 3.74. The monoisotopic (exact) mass is 233 g/mol. The van der Waals surface area contributed by atoms with Gasteiger partial charge in [0.15, 0.2) is 0 Å². The number of benzene rings is 1. The van der Waals surface area contributed by atoms with Gasteiger partial charge in [0.05, 0.1) is 5.69 Å². The zero-order valence-corrected chi connectivity index (χ0v) is 9.74. The average molecular weight is 233 g/mol. The minimum atomic E-state index is -0.388. The molecule has 2 rings (SSSR count). The molecule has 0 amide bonds. The molecule has 88 valence electrons. The van der Waals surface area contributed by atoms with Gasteiger partial charge in [0, 0.05) is 17.3 Å². The Balaban J connectivity index is 2.49. The van der Waals surface area contributed by atoms with E-state index in [1.165, 1.54) is 18.3 Å². The third-order valence-corrected chi connectivity index (χ3v) is 2.60. The van der Waals surface area contributed by atoms with Crippen LogP contribution in [0, 0.1) is 11.6 Å². The molecule has 0 spiro atoms. The first-order valence-electron chi connectivity index (χ1n) is 5.50. The largest absolute Gasteiger partial charge is 0.257 e. The molecule has 1 nitrogen and oxygen atoms in total. The lowest BCUT2D eigenvalue weighted by molar-refractivity contribution is 0.584. The van der Waals surface area contributed by atoms with Crippen LogP contribution in [0.5, 0.6) is 0 Å². The van der Waals surface area contributed by atoms with Crippen molar-refractivity contribution in [3.8, 4) is 11.1 Å². The van der Waals surface area contributed by atoms with Crippen LogP contribution in [-0.2, 0) is 0 Å². The van der Waals surface area contributed by atoms with E-state index in [2.05, 4.69) is 4.98 Å². The summed E-state index contributed by atoms with van der Waals surface area (Å²) in [7, 11) is 0. The van der Waals surface area contributed by atoms with Crippen molar-refractivity contribution in [2.24, 2.45) is 0 Å². The van der Waals surface area contributed by atoms with Crippen LogP contribution in [0.2, 0.25) is 0 Å². The number of aromatic nitrogens is 1. The second-order valence-electron chi connectivity index (χ2n) is 4.23. The highest BCUT2D eigenvalue weighted by molar-refractivity contribution is 5.63. The normalized spacial score (nSPS) is 10.9. The van der Waals surface area contributed by atoms with Gasteiger partial charge in [-0.3, -0.25) is 4.98 Å². The molecule has 17 heavy (non-hydrogen) atoms. The molecule has 1 aromatic heterocycles. The van der Waals surface area contributed by atoms with Crippen molar-refractivity contribution in [3.05, 3.63) is 53.9 Å². The van der Waals surface area contributed by atoms with Gasteiger partial charge < -0.3 is 0 Å². The fourth-order valence-electron chi connectivity index (χ4n) is 1.72. The van der Waals surface area contributed by atoms with E-state index >= 15 is 0 Å². The van der Waals surface area contributed by atoms with Crippen molar-refractivity contribution >= 4 is 0 Å². The van der Waals surface area contributed by atoms with Crippen LogP contribution in [0.3, 0.4) is 0 Å². The summed E-state index contributed by atoms with van der Waals surface area (Å²) in [5, 5.41) is 0. The van der Waals surface area contributed by atoms with Gasteiger partial charge in [-0.25, -0.2) is 8.78 Å². The number of halogens is 2. The molecule has 0 aliphatic rings. The number of nitrogens with zero attached hydrogens (tertiary/aromatic N) is 1. The lowest BCUT2D eigenvalue weighted by Crippen LogP contribution is -1.98. The van der Waals surface area contributed by atoms with E-state index in [4.69, 9.17) is 0 Å². The van der Waals surface area contributed by atoms with Crippen molar-refractivity contribution in [2.75, 3.05) is 0 Å². The fourth-order valence-corrected chi connectivity index (χ4v) is 1.72. The molecule has 2 aromatic rings. The van der Waals surface area contributed by atoms with Gasteiger partial charge in [-0.15, -0.1) is 0 Å². The summed E-state index contributed by atoms with van der Waals surface area (Å²) >= 11 is 0. The molecular formula is C14H13F2N. The maximum absolute atomic E-state index is 13.7. The zero-order chi connectivity index (χ0) is 12.4. The highest BCUT2D eigenvalue weighted by Gasteiger charge is 2.11. The number of hydrogen-bond acceptors (Lipinski definition) is 1. The Morgan fingerprint density at radius 2 is 1.76 bits per heavy atom. The Kier molecular flexibility index (Phi) is 3.18. The SMILES string of the molecule is CC(C)c1ncc(-c2ccccc2F)cc1F. The minimum absolute atomic E-state index is 0.0182. The van der Waals surface area contributed by atoms with E-state index in [-0.39, 0.29) is 17.6 Å². The molecule has 0 saturated carbocycles. The van der Waals surface area contributed by atoms with Crippen molar-refractivity contribution < 1.29 is 8.78 Å². The van der Waals surface area contributed by atoms with Gasteiger partial charge in [0.1, 0.15) is 11.6 Å². The first kappa shape index (κ1) is 11.7. The smallest absolute Gasteiger partial charge is 0.145 e. The average Bonchev–Trinajstić information content (AvgIpc) is 2.29. The van der Waals surface area contributed by atoms with E-state index < -0.39 is 0 Å².